The Kier molecular flexibility index (Phi) is 6.63. The number of carbonyl (C=O) groups excluding carboxylic acids is 1. The van der Waals surface area contributed by atoms with E-state index in [1.54, 1.807) is 6.20 Å². The minimum atomic E-state index is 0.132. The Morgan fingerprint density at radius 1 is 1.14 bits per heavy atom. The van der Waals surface area contributed by atoms with Crippen LogP contribution >= 0.6 is 39.0 Å². The maximum atomic E-state index is 12.6. The molecule has 7 nitrogen and oxygen atoms in total. The summed E-state index contributed by atoms with van der Waals surface area (Å²) in [6, 6.07) is 13.8. The summed E-state index contributed by atoms with van der Waals surface area (Å²) in [5.74, 6) is 1.47. The lowest BCUT2D eigenvalue weighted by atomic mass is 10.3. The number of piperazine rings is 1. The van der Waals surface area contributed by atoms with Crippen molar-refractivity contribution in [2.24, 2.45) is 0 Å². The zero-order chi connectivity index (χ0) is 20.1. The first-order chi connectivity index (χ1) is 14.2. The fourth-order valence-electron chi connectivity index (χ4n) is 2.95. The number of hydrogen-bond acceptors (Lipinski definition) is 8. The average Bonchev–Trinajstić information content (AvgIpc) is 3.20. The largest absolute Gasteiger partial charge is 0.353 e. The van der Waals surface area contributed by atoms with Gasteiger partial charge in [0.1, 0.15) is 5.82 Å². The van der Waals surface area contributed by atoms with Crippen molar-refractivity contribution in [2.45, 2.75) is 4.34 Å². The van der Waals surface area contributed by atoms with Gasteiger partial charge in [-0.05, 0) is 30.3 Å². The van der Waals surface area contributed by atoms with Gasteiger partial charge in [0, 0.05) is 42.5 Å². The van der Waals surface area contributed by atoms with Crippen molar-refractivity contribution in [3.8, 4) is 0 Å². The number of benzene rings is 1. The molecule has 1 aromatic carbocycles. The Morgan fingerprint density at radius 2 is 2.00 bits per heavy atom. The van der Waals surface area contributed by atoms with Gasteiger partial charge in [0.05, 0.1) is 5.75 Å². The third-order valence-electron chi connectivity index (χ3n) is 4.41. The molecule has 0 atom stereocenters. The number of hydrogen-bond donors (Lipinski definition) is 1. The van der Waals surface area contributed by atoms with E-state index in [4.69, 9.17) is 0 Å². The second kappa shape index (κ2) is 9.55. The Balaban J connectivity index is 1.24. The first kappa shape index (κ1) is 20.1. The summed E-state index contributed by atoms with van der Waals surface area (Å²) in [5.41, 5.74) is 0.939. The van der Waals surface area contributed by atoms with E-state index in [9.17, 15) is 4.79 Å². The second-order valence-corrected chi connectivity index (χ2v) is 9.47. The standard InChI is InChI=1S/C19H19BrN6OS2/c20-14-4-3-5-15(12-14)22-18-23-24-19(29-18)28-13-17(27)26-10-8-25(9-11-26)16-6-1-2-7-21-16/h1-7,12H,8-11,13H2,(H,22,23). The number of amides is 1. The summed E-state index contributed by atoms with van der Waals surface area (Å²) >= 11 is 6.33. The predicted molar refractivity (Wildman–Crippen MR) is 121 cm³/mol. The Morgan fingerprint density at radius 3 is 2.76 bits per heavy atom. The van der Waals surface area contributed by atoms with Gasteiger partial charge in [-0.2, -0.15) is 0 Å². The zero-order valence-electron chi connectivity index (χ0n) is 15.5. The number of anilines is 3. The monoisotopic (exact) mass is 490 g/mol. The van der Waals surface area contributed by atoms with Gasteiger partial charge in [-0.15, -0.1) is 10.2 Å². The molecule has 1 N–H and O–H groups in total. The molecule has 1 aliphatic rings. The zero-order valence-corrected chi connectivity index (χ0v) is 18.7. The van der Waals surface area contributed by atoms with Crippen molar-refractivity contribution in [3.63, 3.8) is 0 Å². The van der Waals surface area contributed by atoms with E-state index in [1.165, 1.54) is 23.1 Å². The Hall–Kier alpha value is -2.17. The van der Waals surface area contributed by atoms with Crippen LogP contribution in [0.4, 0.5) is 16.6 Å². The van der Waals surface area contributed by atoms with Crippen LogP contribution < -0.4 is 10.2 Å². The maximum absolute atomic E-state index is 12.6. The number of halogens is 1. The highest BCUT2D eigenvalue weighted by Crippen LogP contribution is 2.28. The molecule has 1 aliphatic heterocycles. The molecule has 150 valence electrons. The van der Waals surface area contributed by atoms with Crippen molar-refractivity contribution in [1.29, 1.82) is 0 Å². The third-order valence-corrected chi connectivity index (χ3v) is 6.86. The Bertz CT molecular complexity index is 962. The van der Waals surface area contributed by atoms with Crippen LogP contribution in [0.1, 0.15) is 0 Å². The molecule has 0 radical (unpaired) electrons. The molecule has 0 aliphatic carbocycles. The molecule has 29 heavy (non-hydrogen) atoms. The van der Waals surface area contributed by atoms with Gasteiger partial charge in [0.15, 0.2) is 4.34 Å². The smallest absolute Gasteiger partial charge is 0.233 e. The number of thioether (sulfide) groups is 1. The van der Waals surface area contributed by atoms with Crippen LogP contribution in [-0.4, -0.2) is 57.9 Å². The lowest BCUT2D eigenvalue weighted by Crippen LogP contribution is -2.49. The summed E-state index contributed by atoms with van der Waals surface area (Å²) in [6.07, 6.45) is 1.80. The molecule has 10 heteroatoms. The van der Waals surface area contributed by atoms with Crippen LogP contribution in [0.15, 0.2) is 57.5 Å². The van der Waals surface area contributed by atoms with Crippen molar-refractivity contribution >= 4 is 61.6 Å². The molecule has 1 amide bonds. The van der Waals surface area contributed by atoms with Crippen LogP contribution in [0.25, 0.3) is 0 Å². The highest BCUT2D eigenvalue weighted by atomic mass is 79.9. The van der Waals surface area contributed by atoms with E-state index in [0.29, 0.717) is 24.0 Å². The molecule has 0 bridgehead atoms. The first-order valence-electron chi connectivity index (χ1n) is 9.10. The molecule has 0 unspecified atom stereocenters. The van der Waals surface area contributed by atoms with Gasteiger partial charge in [-0.25, -0.2) is 4.98 Å². The van der Waals surface area contributed by atoms with Crippen molar-refractivity contribution in [2.75, 3.05) is 42.1 Å². The number of rotatable bonds is 6. The molecule has 4 rings (SSSR count). The minimum absolute atomic E-state index is 0.132. The quantitative estimate of drug-likeness (QED) is 0.525. The summed E-state index contributed by atoms with van der Waals surface area (Å²) in [4.78, 5) is 21.1. The Labute approximate surface area is 185 Å². The average molecular weight is 491 g/mol. The predicted octanol–water partition coefficient (Wildman–Crippen LogP) is 3.88. The van der Waals surface area contributed by atoms with E-state index in [1.807, 2.05) is 47.4 Å². The number of aromatic nitrogens is 3. The number of pyridine rings is 1. The van der Waals surface area contributed by atoms with Gasteiger partial charge in [0.2, 0.25) is 11.0 Å². The summed E-state index contributed by atoms with van der Waals surface area (Å²) in [7, 11) is 0. The van der Waals surface area contributed by atoms with Gasteiger partial charge in [0.25, 0.3) is 0 Å². The van der Waals surface area contributed by atoms with Crippen LogP contribution in [0, 0.1) is 0 Å². The van der Waals surface area contributed by atoms with Crippen molar-refractivity contribution in [3.05, 3.63) is 53.1 Å². The molecule has 1 saturated heterocycles. The number of nitrogens with one attached hydrogen (secondary N) is 1. The fraction of sp³-hybridized carbons (Fsp3) is 0.263. The summed E-state index contributed by atoms with van der Waals surface area (Å²) in [6.45, 7) is 3.02. The van der Waals surface area contributed by atoms with E-state index >= 15 is 0 Å². The van der Waals surface area contributed by atoms with Gasteiger partial charge in [-0.3, -0.25) is 4.79 Å². The molecule has 1 fully saturated rings. The van der Waals surface area contributed by atoms with Crippen LogP contribution in [0.2, 0.25) is 0 Å². The van der Waals surface area contributed by atoms with E-state index in [-0.39, 0.29) is 5.91 Å². The van der Waals surface area contributed by atoms with Crippen LogP contribution in [0.3, 0.4) is 0 Å². The molecular formula is C19H19BrN6OS2. The summed E-state index contributed by atoms with van der Waals surface area (Å²) < 4.78 is 1.78. The second-order valence-electron chi connectivity index (χ2n) is 6.35. The van der Waals surface area contributed by atoms with Gasteiger partial charge >= 0.3 is 0 Å². The normalized spacial score (nSPS) is 14.1. The third kappa shape index (κ3) is 5.46. The van der Waals surface area contributed by atoms with Crippen LogP contribution in [-0.2, 0) is 4.79 Å². The molecule has 0 spiro atoms. The fourth-order valence-corrected chi connectivity index (χ4v) is 5.02. The molecule has 0 saturated carbocycles. The topological polar surface area (TPSA) is 74.2 Å². The lowest BCUT2D eigenvalue weighted by Gasteiger charge is -2.35. The number of carbonyl (C=O) groups is 1. The molecular weight excluding hydrogens is 472 g/mol. The maximum Gasteiger partial charge on any atom is 0.233 e. The van der Waals surface area contributed by atoms with Gasteiger partial charge < -0.3 is 15.1 Å². The minimum Gasteiger partial charge on any atom is -0.353 e. The highest BCUT2D eigenvalue weighted by molar-refractivity contribution is 9.10. The summed E-state index contributed by atoms with van der Waals surface area (Å²) in [5, 5.41) is 12.3. The first-order valence-corrected chi connectivity index (χ1v) is 11.7. The van der Waals surface area contributed by atoms with E-state index in [2.05, 4.69) is 41.3 Å². The van der Waals surface area contributed by atoms with Crippen molar-refractivity contribution in [1.82, 2.24) is 20.1 Å². The number of nitrogens with zero attached hydrogens (tertiary/aromatic N) is 5. The van der Waals surface area contributed by atoms with Crippen LogP contribution in [0.5, 0.6) is 0 Å². The SMILES string of the molecule is O=C(CSc1nnc(Nc2cccc(Br)c2)s1)N1CCN(c2ccccn2)CC1. The van der Waals surface area contributed by atoms with Crippen molar-refractivity contribution < 1.29 is 4.79 Å². The van der Waals surface area contributed by atoms with Gasteiger partial charge in [-0.1, -0.05) is 51.2 Å². The van der Waals surface area contributed by atoms with E-state index in [0.717, 1.165) is 33.4 Å². The lowest BCUT2D eigenvalue weighted by molar-refractivity contribution is -0.128. The molecule has 2 aromatic heterocycles. The highest BCUT2D eigenvalue weighted by Gasteiger charge is 2.22. The molecule has 3 heterocycles. The molecule has 3 aromatic rings. The van der Waals surface area contributed by atoms with E-state index < -0.39 is 0 Å².